The highest BCUT2D eigenvalue weighted by Gasteiger charge is 2.13. The monoisotopic (exact) mass is 486 g/mol. The van der Waals surface area contributed by atoms with Crippen molar-refractivity contribution in [1.82, 2.24) is 15.0 Å². The van der Waals surface area contributed by atoms with E-state index in [2.05, 4.69) is 37.7 Å². The zero-order valence-corrected chi connectivity index (χ0v) is 19.7. The lowest BCUT2D eigenvalue weighted by atomic mass is 10.1. The number of amides is 1. The number of furan rings is 1. The normalized spacial score (nSPS) is 11.1. The molecular formula is C29H22N6O2. The average molecular weight is 487 g/mol. The van der Waals surface area contributed by atoms with Gasteiger partial charge in [0.05, 0.1) is 11.4 Å². The average Bonchev–Trinajstić information content (AvgIpc) is 3.33. The Kier molecular flexibility index (Phi) is 5.76. The van der Waals surface area contributed by atoms with Gasteiger partial charge < -0.3 is 20.8 Å². The van der Waals surface area contributed by atoms with Crippen LogP contribution in [0.1, 0.15) is 16.1 Å². The number of rotatable bonds is 6. The number of nitrogens with one attached hydrogen (secondary N) is 2. The molecule has 0 fully saturated rings. The van der Waals surface area contributed by atoms with Gasteiger partial charge >= 0.3 is 0 Å². The molecule has 0 saturated carbocycles. The van der Waals surface area contributed by atoms with Crippen LogP contribution in [0.15, 0.2) is 102 Å². The molecule has 0 bridgehead atoms. The molecular weight excluding hydrogens is 464 g/mol. The van der Waals surface area contributed by atoms with Gasteiger partial charge in [-0.1, -0.05) is 30.3 Å². The summed E-state index contributed by atoms with van der Waals surface area (Å²) in [5.74, 6) is 0.416. The van der Waals surface area contributed by atoms with Crippen LogP contribution in [-0.2, 0) is 6.54 Å². The molecule has 8 nitrogen and oxygen atoms in total. The largest absolute Gasteiger partial charge is 0.455 e. The van der Waals surface area contributed by atoms with E-state index >= 15 is 0 Å². The lowest BCUT2D eigenvalue weighted by molar-refractivity contribution is 0.102. The number of hydrogen-bond acceptors (Lipinski definition) is 7. The number of nitrogens with zero attached hydrogens (tertiary/aromatic N) is 3. The third-order valence-electron chi connectivity index (χ3n) is 6.05. The van der Waals surface area contributed by atoms with Crippen molar-refractivity contribution >= 4 is 45.0 Å². The van der Waals surface area contributed by atoms with E-state index in [4.69, 9.17) is 10.2 Å². The smallest absolute Gasteiger partial charge is 0.255 e. The van der Waals surface area contributed by atoms with Crippen molar-refractivity contribution in [2.24, 2.45) is 5.73 Å². The second-order valence-corrected chi connectivity index (χ2v) is 8.47. The van der Waals surface area contributed by atoms with Crippen LogP contribution in [0.2, 0.25) is 0 Å². The lowest BCUT2D eigenvalue weighted by Crippen LogP contribution is -2.13. The van der Waals surface area contributed by atoms with E-state index in [0.717, 1.165) is 38.9 Å². The molecule has 3 aromatic carbocycles. The van der Waals surface area contributed by atoms with Gasteiger partial charge in [0.25, 0.3) is 5.91 Å². The Morgan fingerprint density at radius 2 is 1.65 bits per heavy atom. The predicted molar refractivity (Wildman–Crippen MR) is 145 cm³/mol. The van der Waals surface area contributed by atoms with Gasteiger partial charge in [0, 0.05) is 52.1 Å². The van der Waals surface area contributed by atoms with E-state index in [1.807, 2.05) is 60.7 Å². The molecule has 3 heterocycles. The van der Waals surface area contributed by atoms with Crippen molar-refractivity contribution in [2.75, 3.05) is 10.6 Å². The van der Waals surface area contributed by atoms with E-state index < -0.39 is 0 Å². The first-order valence-electron chi connectivity index (χ1n) is 11.7. The molecule has 180 valence electrons. The standard InChI is InChI=1S/C29H22N6O2/c30-16-21-14-18(12-13-31-21)29(36)35-20-10-8-19(9-11-20)34-27-15-25(32-17-33-27)24-6-3-5-23-22-4-1-2-7-26(22)37-28(23)24/h1-15,17H,16,30H2,(H,35,36)(H,32,33,34). The molecule has 0 atom stereocenters. The molecule has 1 amide bonds. The minimum Gasteiger partial charge on any atom is -0.455 e. The predicted octanol–water partition coefficient (Wildman–Crippen LogP) is 5.89. The molecule has 4 N–H and O–H groups in total. The SMILES string of the molecule is NCc1cc(C(=O)Nc2ccc(Nc3cc(-c4cccc5c4oc4ccccc45)ncn3)cc2)ccn1. The van der Waals surface area contributed by atoms with Crippen LogP contribution in [0.4, 0.5) is 17.2 Å². The maximum Gasteiger partial charge on any atom is 0.255 e. The summed E-state index contributed by atoms with van der Waals surface area (Å²) in [5, 5.41) is 8.31. The molecule has 6 rings (SSSR count). The van der Waals surface area contributed by atoms with Crippen LogP contribution >= 0.6 is 0 Å². The maximum atomic E-state index is 12.6. The second kappa shape index (κ2) is 9.52. The van der Waals surface area contributed by atoms with Gasteiger partial charge in [-0.05, 0) is 48.5 Å². The van der Waals surface area contributed by atoms with E-state index in [0.29, 0.717) is 22.8 Å². The molecule has 0 aliphatic heterocycles. The fourth-order valence-electron chi connectivity index (χ4n) is 4.24. The van der Waals surface area contributed by atoms with Crippen LogP contribution in [0.5, 0.6) is 0 Å². The summed E-state index contributed by atoms with van der Waals surface area (Å²) in [4.78, 5) is 25.5. The Morgan fingerprint density at radius 1 is 0.838 bits per heavy atom. The maximum absolute atomic E-state index is 12.6. The molecule has 8 heteroatoms. The van der Waals surface area contributed by atoms with Gasteiger partial charge in [-0.2, -0.15) is 0 Å². The Bertz CT molecular complexity index is 1740. The van der Waals surface area contributed by atoms with Crippen molar-refractivity contribution < 1.29 is 9.21 Å². The van der Waals surface area contributed by atoms with Crippen molar-refractivity contribution in [3.63, 3.8) is 0 Å². The van der Waals surface area contributed by atoms with Gasteiger partial charge in [-0.25, -0.2) is 9.97 Å². The number of carbonyl (C=O) groups is 1. The quantitative estimate of drug-likeness (QED) is 0.268. The Balaban J connectivity index is 1.21. The zero-order valence-electron chi connectivity index (χ0n) is 19.7. The molecule has 0 aliphatic rings. The van der Waals surface area contributed by atoms with Crippen LogP contribution in [0.25, 0.3) is 33.2 Å². The first kappa shape index (κ1) is 22.4. The number of anilines is 3. The number of nitrogens with two attached hydrogens (primary N) is 1. The van der Waals surface area contributed by atoms with Crippen molar-refractivity contribution in [3.8, 4) is 11.3 Å². The van der Waals surface area contributed by atoms with E-state index in [1.54, 1.807) is 18.3 Å². The van der Waals surface area contributed by atoms with Crippen LogP contribution in [0.3, 0.4) is 0 Å². The second-order valence-electron chi connectivity index (χ2n) is 8.47. The number of hydrogen-bond donors (Lipinski definition) is 3. The topological polar surface area (TPSA) is 119 Å². The third-order valence-corrected chi connectivity index (χ3v) is 6.05. The molecule has 0 spiro atoms. The highest BCUT2D eigenvalue weighted by atomic mass is 16.3. The van der Waals surface area contributed by atoms with Gasteiger partial charge in [0.2, 0.25) is 0 Å². The van der Waals surface area contributed by atoms with Crippen LogP contribution in [0, 0.1) is 0 Å². The molecule has 0 saturated heterocycles. The first-order valence-corrected chi connectivity index (χ1v) is 11.7. The minimum absolute atomic E-state index is 0.224. The summed E-state index contributed by atoms with van der Waals surface area (Å²) in [6.07, 6.45) is 3.10. The molecule has 3 aromatic heterocycles. The Labute approximate surface area is 212 Å². The summed E-state index contributed by atoms with van der Waals surface area (Å²) < 4.78 is 6.16. The minimum atomic E-state index is -0.224. The van der Waals surface area contributed by atoms with Gasteiger partial charge in [-0.15, -0.1) is 0 Å². The lowest BCUT2D eigenvalue weighted by Gasteiger charge is -2.10. The molecule has 0 aliphatic carbocycles. The zero-order chi connectivity index (χ0) is 25.2. The van der Waals surface area contributed by atoms with Gasteiger partial charge in [0.15, 0.2) is 0 Å². The number of aromatic nitrogens is 3. The molecule has 37 heavy (non-hydrogen) atoms. The van der Waals surface area contributed by atoms with E-state index in [9.17, 15) is 4.79 Å². The Hall–Kier alpha value is -5.08. The summed E-state index contributed by atoms with van der Waals surface area (Å²) in [6, 6.07) is 26.6. The van der Waals surface area contributed by atoms with Gasteiger partial charge in [0.1, 0.15) is 23.3 Å². The third kappa shape index (κ3) is 4.49. The molecule has 0 unspecified atom stereocenters. The van der Waals surface area contributed by atoms with Crippen LogP contribution < -0.4 is 16.4 Å². The number of benzene rings is 3. The van der Waals surface area contributed by atoms with Crippen molar-refractivity contribution in [2.45, 2.75) is 6.54 Å². The summed E-state index contributed by atoms with van der Waals surface area (Å²) in [6.45, 7) is 0.277. The van der Waals surface area contributed by atoms with E-state index in [-0.39, 0.29) is 12.5 Å². The van der Waals surface area contributed by atoms with Crippen molar-refractivity contribution in [1.29, 1.82) is 0 Å². The van der Waals surface area contributed by atoms with Crippen molar-refractivity contribution in [3.05, 3.63) is 109 Å². The number of carbonyl (C=O) groups excluding carboxylic acids is 1. The summed E-state index contributed by atoms with van der Waals surface area (Å²) in [7, 11) is 0. The summed E-state index contributed by atoms with van der Waals surface area (Å²) >= 11 is 0. The molecule has 6 aromatic rings. The van der Waals surface area contributed by atoms with E-state index in [1.165, 1.54) is 6.33 Å². The van der Waals surface area contributed by atoms with Crippen LogP contribution in [-0.4, -0.2) is 20.9 Å². The fourth-order valence-corrected chi connectivity index (χ4v) is 4.24. The number of para-hydroxylation sites is 2. The highest BCUT2D eigenvalue weighted by Crippen LogP contribution is 2.35. The van der Waals surface area contributed by atoms with Gasteiger partial charge in [-0.3, -0.25) is 9.78 Å². The number of pyridine rings is 1. The number of fused-ring (bicyclic) bond motifs is 3. The Morgan fingerprint density at radius 3 is 2.51 bits per heavy atom. The first-order chi connectivity index (χ1) is 18.2. The highest BCUT2D eigenvalue weighted by molar-refractivity contribution is 6.09. The fraction of sp³-hybridized carbons (Fsp3) is 0.0345. The molecule has 0 radical (unpaired) electrons. The summed E-state index contributed by atoms with van der Waals surface area (Å²) in [5.41, 5.74) is 11.5.